The van der Waals surface area contributed by atoms with Gasteiger partial charge in [-0.3, -0.25) is 24.6 Å². The normalized spacial score (nSPS) is 32.2. The summed E-state index contributed by atoms with van der Waals surface area (Å²) < 4.78 is 0. The first-order valence-electron chi connectivity index (χ1n) is 10.2. The van der Waals surface area contributed by atoms with Gasteiger partial charge in [-0.2, -0.15) is 0 Å². The number of nitrogens with zero attached hydrogens (tertiary/aromatic N) is 2. The molecule has 1 unspecified atom stereocenters. The Balaban J connectivity index is 1.33. The van der Waals surface area contributed by atoms with Gasteiger partial charge >= 0.3 is 0 Å². The second kappa shape index (κ2) is 6.67. The van der Waals surface area contributed by atoms with Crippen LogP contribution < -0.4 is 11.1 Å². The molecule has 0 spiro atoms. The van der Waals surface area contributed by atoms with Crippen LogP contribution in [0.1, 0.15) is 40.7 Å². The van der Waals surface area contributed by atoms with Gasteiger partial charge < -0.3 is 10.6 Å². The number of hydrogen-bond donors (Lipinski definition) is 2. The fraction of sp³-hybridized carbons (Fsp3) is 0.571. The summed E-state index contributed by atoms with van der Waals surface area (Å²) in [5.41, 5.74) is 8.64. The summed E-state index contributed by atoms with van der Waals surface area (Å²) in [6.07, 6.45) is 1.91. The third kappa shape index (κ3) is 2.76. The predicted octanol–water partition coefficient (Wildman–Crippen LogP) is 0.474. The standard InChI is InChI=1S/C21H26N4O3/c22-7-14-6-15-9-24(11-16(14)15)8-12-2-1-3-13-10-25(21(28)19(12)13)17-4-5-18(26)23-20(17)27/h1-3,14-17H,4-11,22H2,(H,23,26,27)/t14-,15-,16-,17?/m0/s1. The van der Waals surface area contributed by atoms with Crippen molar-refractivity contribution in [2.75, 3.05) is 19.6 Å². The van der Waals surface area contributed by atoms with Gasteiger partial charge in [-0.05, 0) is 48.3 Å². The summed E-state index contributed by atoms with van der Waals surface area (Å²) in [5, 5.41) is 2.36. The van der Waals surface area contributed by atoms with Gasteiger partial charge in [0.15, 0.2) is 0 Å². The second-order valence-corrected chi connectivity index (χ2v) is 8.70. The lowest BCUT2D eigenvalue weighted by atomic mass is 9.67. The average molecular weight is 382 g/mol. The zero-order chi connectivity index (χ0) is 19.4. The Bertz CT molecular complexity index is 854. The lowest BCUT2D eigenvalue weighted by Crippen LogP contribution is -2.52. The lowest BCUT2D eigenvalue weighted by Gasteiger charge is -2.38. The summed E-state index contributed by atoms with van der Waals surface area (Å²) in [6.45, 7) is 4.11. The quantitative estimate of drug-likeness (QED) is 0.739. The number of nitrogens with two attached hydrogens (primary N) is 1. The number of piperidine rings is 1. The van der Waals surface area contributed by atoms with Gasteiger partial charge in [0, 0.05) is 38.2 Å². The van der Waals surface area contributed by atoms with Gasteiger partial charge in [0.25, 0.3) is 5.91 Å². The molecule has 1 saturated carbocycles. The fourth-order valence-corrected chi connectivity index (χ4v) is 5.60. The van der Waals surface area contributed by atoms with Crippen molar-refractivity contribution >= 4 is 17.7 Å². The predicted molar refractivity (Wildman–Crippen MR) is 102 cm³/mol. The van der Waals surface area contributed by atoms with Crippen LogP contribution in [0, 0.1) is 17.8 Å². The molecule has 3 heterocycles. The van der Waals surface area contributed by atoms with E-state index in [1.807, 2.05) is 18.2 Å². The largest absolute Gasteiger partial charge is 0.330 e. The molecule has 4 aliphatic rings. The molecule has 3 fully saturated rings. The summed E-state index contributed by atoms with van der Waals surface area (Å²) in [7, 11) is 0. The van der Waals surface area contributed by atoms with E-state index in [0.29, 0.717) is 24.8 Å². The Kier molecular flexibility index (Phi) is 4.25. The SMILES string of the molecule is NC[C@@H]1C[C@H]2CN(Cc3cccc4c3C(=O)N(C3CCC(=O)NC3=O)C4)C[C@@H]12. The number of hydrogen-bond acceptors (Lipinski definition) is 5. The number of rotatable bonds is 4. The maximum atomic E-state index is 13.2. The molecule has 0 radical (unpaired) electrons. The highest BCUT2D eigenvalue weighted by Gasteiger charge is 2.46. The maximum absolute atomic E-state index is 13.2. The molecule has 0 bridgehead atoms. The summed E-state index contributed by atoms with van der Waals surface area (Å²) in [5.74, 6) is 1.41. The van der Waals surface area contributed by atoms with E-state index in [9.17, 15) is 14.4 Å². The Hall–Kier alpha value is -2.25. The van der Waals surface area contributed by atoms with Crippen LogP contribution in [-0.4, -0.2) is 53.2 Å². The molecule has 1 aromatic rings. The maximum Gasteiger partial charge on any atom is 0.255 e. The van der Waals surface area contributed by atoms with E-state index in [4.69, 9.17) is 5.73 Å². The molecule has 7 heteroatoms. The Morgan fingerprint density at radius 2 is 2.04 bits per heavy atom. The first-order valence-corrected chi connectivity index (χ1v) is 10.2. The van der Waals surface area contributed by atoms with E-state index in [1.54, 1.807) is 4.90 Å². The monoisotopic (exact) mass is 382 g/mol. The molecule has 4 atom stereocenters. The van der Waals surface area contributed by atoms with Gasteiger partial charge in [0.1, 0.15) is 6.04 Å². The number of carbonyl (C=O) groups is 3. The molecule has 2 saturated heterocycles. The summed E-state index contributed by atoms with van der Waals surface area (Å²) in [4.78, 5) is 40.9. The number of likely N-dealkylation sites (tertiary alicyclic amines) is 1. The van der Waals surface area contributed by atoms with Crippen molar-refractivity contribution < 1.29 is 14.4 Å². The molecule has 7 nitrogen and oxygen atoms in total. The van der Waals surface area contributed by atoms with Crippen molar-refractivity contribution in [1.29, 1.82) is 0 Å². The topological polar surface area (TPSA) is 95.7 Å². The van der Waals surface area contributed by atoms with Gasteiger partial charge in [-0.15, -0.1) is 0 Å². The van der Waals surface area contributed by atoms with E-state index in [0.717, 1.165) is 48.8 Å². The van der Waals surface area contributed by atoms with Crippen LogP contribution in [0.15, 0.2) is 18.2 Å². The van der Waals surface area contributed by atoms with Crippen molar-refractivity contribution in [2.24, 2.45) is 23.5 Å². The Morgan fingerprint density at radius 3 is 2.82 bits per heavy atom. The van der Waals surface area contributed by atoms with Crippen LogP contribution in [0.2, 0.25) is 0 Å². The molecular formula is C21H26N4O3. The van der Waals surface area contributed by atoms with Crippen LogP contribution in [0.5, 0.6) is 0 Å². The number of amides is 3. The minimum Gasteiger partial charge on any atom is -0.330 e. The number of benzene rings is 1. The molecule has 3 aliphatic heterocycles. The highest BCUT2D eigenvalue weighted by Crippen LogP contribution is 2.45. The van der Waals surface area contributed by atoms with Gasteiger partial charge in [-0.1, -0.05) is 18.2 Å². The van der Waals surface area contributed by atoms with Crippen LogP contribution in [0.3, 0.4) is 0 Å². The number of fused-ring (bicyclic) bond motifs is 2. The molecular weight excluding hydrogens is 356 g/mol. The van der Waals surface area contributed by atoms with Crippen molar-refractivity contribution in [1.82, 2.24) is 15.1 Å². The molecule has 148 valence electrons. The fourth-order valence-electron chi connectivity index (χ4n) is 5.60. The number of carbonyl (C=O) groups excluding carboxylic acids is 3. The van der Waals surface area contributed by atoms with Gasteiger partial charge in [0.2, 0.25) is 11.8 Å². The van der Waals surface area contributed by atoms with Crippen molar-refractivity contribution in [3.63, 3.8) is 0 Å². The number of nitrogens with one attached hydrogen (secondary N) is 1. The minimum absolute atomic E-state index is 0.0814. The minimum atomic E-state index is -0.557. The van der Waals surface area contributed by atoms with Gasteiger partial charge in [-0.25, -0.2) is 0 Å². The van der Waals surface area contributed by atoms with Crippen LogP contribution >= 0.6 is 0 Å². The van der Waals surface area contributed by atoms with E-state index < -0.39 is 6.04 Å². The third-order valence-electron chi connectivity index (χ3n) is 7.11. The van der Waals surface area contributed by atoms with Crippen LogP contribution in [0.25, 0.3) is 0 Å². The van der Waals surface area contributed by atoms with E-state index in [2.05, 4.69) is 10.2 Å². The first kappa shape index (κ1) is 17.8. The zero-order valence-electron chi connectivity index (χ0n) is 15.9. The second-order valence-electron chi connectivity index (χ2n) is 8.70. The van der Waals surface area contributed by atoms with E-state index in [1.165, 1.54) is 6.42 Å². The molecule has 3 amide bonds. The van der Waals surface area contributed by atoms with Crippen molar-refractivity contribution in [3.05, 3.63) is 34.9 Å². The van der Waals surface area contributed by atoms with Crippen LogP contribution in [-0.2, 0) is 22.7 Å². The highest BCUT2D eigenvalue weighted by atomic mass is 16.2. The summed E-state index contributed by atoms with van der Waals surface area (Å²) in [6, 6.07) is 5.45. The molecule has 1 aliphatic carbocycles. The zero-order valence-corrected chi connectivity index (χ0v) is 15.9. The lowest BCUT2D eigenvalue weighted by molar-refractivity contribution is -0.136. The molecule has 3 N–H and O–H groups in total. The molecule has 28 heavy (non-hydrogen) atoms. The average Bonchev–Trinajstić information content (AvgIpc) is 3.15. The number of imide groups is 1. The Morgan fingerprint density at radius 1 is 1.18 bits per heavy atom. The highest BCUT2D eigenvalue weighted by molar-refractivity contribution is 6.05. The van der Waals surface area contributed by atoms with Crippen molar-refractivity contribution in [3.8, 4) is 0 Å². The van der Waals surface area contributed by atoms with Gasteiger partial charge in [0.05, 0.1) is 0 Å². The van der Waals surface area contributed by atoms with Crippen LogP contribution in [0.4, 0.5) is 0 Å². The smallest absolute Gasteiger partial charge is 0.255 e. The molecule has 0 aromatic heterocycles. The molecule has 5 rings (SSSR count). The summed E-state index contributed by atoms with van der Waals surface area (Å²) >= 11 is 0. The van der Waals surface area contributed by atoms with Crippen molar-refractivity contribution in [2.45, 2.75) is 38.4 Å². The Labute approximate surface area is 164 Å². The van der Waals surface area contributed by atoms with E-state index in [-0.39, 0.29) is 24.1 Å². The molecule has 1 aromatic carbocycles. The first-order chi connectivity index (χ1) is 13.5. The van der Waals surface area contributed by atoms with E-state index >= 15 is 0 Å². The third-order valence-corrected chi connectivity index (χ3v) is 7.11.